The predicted octanol–water partition coefficient (Wildman–Crippen LogP) is 0.528. The van der Waals surface area contributed by atoms with Crippen molar-refractivity contribution < 1.29 is 0 Å². The molecule has 94 valence electrons. The Labute approximate surface area is 103 Å². The van der Waals surface area contributed by atoms with Crippen LogP contribution in [0, 0.1) is 5.92 Å². The molecular formula is C11H15N7. The average Bonchev–Trinajstić information content (AvgIpc) is 3.01. The van der Waals surface area contributed by atoms with Gasteiger partial charge >= 0.3 is 0 Å². The monoisotopic (exact) mass is 245 g/mol. The number of imidazole rings is 1. The molecule has 1 atom stereocenters. The maximum atomic E-state index is 5.73. The molecule has 3 N–H and O–H groups in total. The molecule has 0 bridgehead atoms. The van der Waals surface area contributed by atoms with Crippen LogP contribution >= 0.6 is 0 Å². The third kappa shape index (κ3) is 1.63. The lowest BCUT2D eigenvalue weighted by Gasteiger charge is -2.09. The SMILES string of the molecule is CCC(CN)Cc1nnc2c3[nH]cnc3ncn12. The van der Waals surface area contributed by atoms with Gasteiger partial charge in [-0.25, -0.2) is 9.97 Å². The lowest BCUT2D eigenvalue weighted by Crippen LogP contribution is -2.17. The fourth-order valence-corrected chi connectivity index (χ4v) is 2.07. The Hall–Kier alpha value is -2.02. The Balaban J connectivity index is 2.08. The summed E-state index contributed by atoms with van der Waals surface area (Å²) < 4.78 is 1.90. The Morgan fingerprint density at radius 1 is 1.39 bits per heavy atom. The Bertz CT molecular complexity index is 664. The van der Waals surface area contributed by atoms with Crippen LogP contribution in [0.15, 0.2) is 12.7 Å². The van der Waals surface area contributed by atoms with Crippen LogP contribution in [0.25, 0.3) is 16.8 Å². The number of aromatic amines is 1. The van der Waals surface area contributed by atoms with Gasteiger partial charge in [-0.05, 0) is 12.5 Å². The molecule has 3 rings (SSSR count). The van der Waals surface area contributed by atoms with Crippen molar-refractivity contribution in [3.8, 4) is 0 Å². The number of nitrogens with two attached hydrogens (primary N) is 1. The second-order valence-corrected chi connectivity index (χ2v) is 4.37. The maximum Gasteiger partial charge on any atom is 0.189 e. The summed E-state index contributed by atoms with van der Waals surface area (Å²) >= 11 is 0. The Morgan fingerprint density at radius 3 is 3.06 bits per heavy atom. The summed E-state index contributed by atoms with van der Waals surface area (Å²) in [5.74, 6) is 1.32. The highest BCUT2D eigenvalue weighted by Gasteiger charge is 2.14. The third-order valence-corrected chi connectivity index (χ3v) is 3.29. The first-order valence-electron chi connectivity index (χ1n) is 6.05. The first kappa shape index (κ1) is 11.1. The predicted molar refractivity (Wildman–Crippen MR) is 67.0 cm³/mol. The summed E-state index contributed by atoms with van der Waals surface area (Å²) in [6.07, 6.45) is 5.18. The molecule has 0 spiro atoms. The molecule has 0 aliphatic heterocycles. The molecule has 7 heteroatoms. The van der Waals surface area contributed by atoms with E-state index in [1.807, 2.05) is 4.40 Å². The summed E-state index contributed by atoms with van der Waals surface area (Å²) in [5, 5.41) is 8.43. The molecule has 18 heavy (non-hydrogen) atoms. The molecule has 0 aliphatic rings. The number of nitrogens with one attached hydrogen (secondary N) is 1. The zero-order chi connectivity index (χ0) is 12.5. The summed E-state index contributed by atoms with van der Waals surface area (Å²) in [6, 6.07) is 0. The van der Waals surface area contributed by atoms with Gasteiger partial charge in [0.1, 0.15) is 17.7 Å². The van der Waals surface area contributed by atoms with Gasteiger partial charge in [-0.2, -0.15) is 0 Å². The normalized spacial score (nSPS) is 13.4. The highest BCUT2D eigenvalue weighted by Crippen LogP contribution is 2.15. The summed E-state index contributed by atoms with van der Waals surface area (Å²) in [5.41, 5.74) is 7.97. The summed E-state index contributed by atoms with van der Waals surface area (Å²) in [7, 11) is 0. The number of fused-ring (bicyclic) bond motifs is 3. The molecule has 3 aromatic heterocycles. The number of aromatic nitrogens is 6. The van der Waals surface area contributed by atoms with Crippen LogP contribution in [-0.4, -0.2) is 36.1 Å². The topological polar surface area (TPSA) is 97.8 Å². The first-order valence-corrected chi connectivity index (χ1v) is 6.05. The highest BCUT2D eigenvalue weighted by atomic mass is 15.3. The minimum absolute atomic E-state index is 0.426. The second kappa shape index (κ2) is 4.34. The summed E-state index contributed by atoms with van der Waals surface area (Å²) in [4.78, 5) is 11.4. The largest absolute Gasteiger partial charge is 0.340 e. The van der Waals surface area contributed by atoms with Gasteiger partial charge in [-0.1, -0.05) is 13.3 Å². The van der Waals surface area contributed by atoms with Crippen LogP contribution in [-0.2, 0) is 6.42 Å². The van der Waals surface area contributed by atoms with Gasteiger partial charge in [-0.15, -0.1) is 10.2 Å². The van der Waals surface area contributed by atoms with Crippen LogP contribution in [0.4, 0.5) is 0 Å². The van der Waals surface area contributed by atoms with E-state index in [9.17, 15) is 0 Å². The van der Waals surface area contributed by atoms with Crippen molar-refractivity contribution in [1.82, 2.24) is 29.5 Å². The fraction of sp³-hybridized carbons (Fsp3) is 0.455. The van der Waals surface area contributed by atoms with E-state index in [1.165, 1.54) is 0 Å². The lowest BCUT2D eigenvalue weighted by atomic mass is 10.0. The zero-order valence-electron chi connectivity index (χ0n) is 10.2. The molecule has 0 aliphatic carbocycles. The van der Waals surface area contributed by atoms with E-state index in [0.717, 1.165) is 29.8 Å². The molecule has 0 radical (unpaired) electrons. The van der Waals surface area contributed by atoms with Gasteiger partial charge < -0.3 is 10.7 Å². The van der Waals surface area contributed by atoms with Crippen molar-refractivity contribution in [2.24, 2.45) is 11.7 Å². The van der Waals surface area contributed by atoms with Crippen molar-refractivity contribution in [3.63, 3.8) is 0 Å². The maximum absolute atomic E-state index is 5.73. The van der Waals surface area contributed by atoms with Crippen LogP contribution < -0.4 is 5.73 Å². The van der Waals surface area contributed by atoms with E-state index >= 15 is 0 Å². The molecule has 0 saturated carbocycles. The molecule has 0 fully saturated rings. The van der Waals surface area contributed by atoms with E-state index in [4.69, 9.17) is 5.73 Å². The number of hydrogen-bond acceptors (Lipinski definition) is 5. The number of H-pyrrole nitrogens is 1. The lowest BCUT2D eigenvalue weighted by molar-refractivity contribution is 0.503. The highest BCUT2D eigenvalue weighted by molar-refractivity contribution is 5.84. The van der Waals surface area contributed by atoms with E-state index in [-0.39, 0.29) is 0 Å². The Morgan fingerprint density at radius 2 is 2.28 bits per heavy atom. The van der Waals surface area contributed by atoms with E-state index in [0.29, 0.717) is 18.1 Å². The average molecular weight is 245 g/mol. The van der Waals surface area contributed by atoms with Crippen LogP contribution in [0.3, 0.4) is 0 Å². The molecule has 3 heterocycles. The third-order valence-electron chi connectivity index (χ3n) is 3.29. The zero-order valence-corrected chi connectivity index (χ0v) is 10.2. The fourth-order valence-electron chi connectivity index (χ4n) is 2.07. The van der Waals surface area contributed by atoms with Gasteiger partial charge in [0, 0.05) is 6.42 Å². The number of rotatable bonds is 4. The van der Waals surface area contributed by atoms with Crippen LogP contribution in [0.1, 0.15) is 19.2 Å². The molecule has 3 aromatic rings. The number of nitrogens with zero attached hydrogens (tertiary/aromatic N) is 5. The standard InChI is InChI=1S/C11H15N7/c1-2-7(4-12)3-8-16-17-11-9-10(14-5-13-9)15-6-18(8)11/h5-7H,2-4,12H2,1H3,(H,13,14). The molecule has 0 amide bonds. The quantitative estimate of drug-likeness (QED) is 0.698. The molecule has 0 aromatic carbocycles. The molecule has 1 unspecified atom stereocenters. The van der Waals surface area contributed by atoms with E-state index in [2.05, 4.69) is 32.1 Å². The van der Waals surface area contributed by atoms with Gasteiger partial charge in [0.15, 0.2) is 11.3 Å². The van der Waals surface area contributed by atoms with Crippen LogP contribution in [0.5, 0.6) is 0 Å². The van der Waals surface area contributed by atoms with Crippen molar-refractivity contribution in [1.29, 1.82) is 0 Å². The smallest absolute Gasteiger partial charge is 0.189 e. The molecular weight excluding hydrogens is 230 g/mol. The van der Waals surface area contributed by atoms with Gasteiger partial charge in [0.2, 0.25) is 0 Å². The minimum atomic E-state index is 0.426. The van der Waals surface area contributed by atoms with Crippen molar-refractivity contribution in [2.75, 3.05) is 6.54 Å². The Kier molecular flexibility index (Phi) is 2.67. The van der Waals surface area contributed by atoms with Gasteiger partial charge in [0.05, 0.1) is 6.33 Å². The van der Waals surface area contributed by atoms with Gasteiger partial charge in [-0.3, -0.25) is 4.40 Å². The van der Waals surface area contributed by atoms with E-state index < -0.39 is 0 Å². The van der Waals surface area contributed by atoms with Gasteiger partial charge in [0.25, 0.3) is 0 Å². The first-order chi connectivity index (χ1) is 8.83. The summed E-state index contributed by atoms with van der Waals surface area (Å²) in [6.45, 7) is 2.79. The van der Waals surface area contributed by atoms with Crippen molar-refractivity contribution >= 4 is 16.8 Å². The molecule has 0 saturated heterocycles. The van der Waals surface area contributed by atoms with Crippen LogP contribution in [0.2, 0.25) is 0 Å². The van der Waals surface area contributed by atoms with E-state index in [1.54, 1.807) is 12.7 Å². The molecule has 7 nitrogen and oxygen atoms in total. The second-order valence-electron chi connectivity index (χ2n) is 4.37. The van der Waals surface area contributed by atoms with Crippen molar-refractivity contribution in [2.45, 2.75) is 19.8 Å². The van der Waals surface area contributed by atoms with Crippen molar-refractivity contribution in [3.05, 3.63) is 18.5 Å². The minimum Gasteiger partial charge on any atom is -0.340 e. The number of hydrogen-bond donors (Lipinski definition) is 2.